The summed E-state index contributed by atoms with van der Waals surface area (Å²) in [4.78, 5) is 23.0. The van der Waals surface area contributed by atoms with E-state index in [0.29, 0.717) is 19.3 Å². The van der Waals surface area contributed by atoms with Crippen molar-refractivity contribution in [2.45, 2.75) is 51.6 Å². The molecule has 0 aromatic carbocycles. The van der Waals surface area contributed by atoms with Crippen molar-refractivity contribution in [3.05, 3.63) is 0 Å². The fourth-order valence-corrected chi connectivity index (χ4v) is 2.37. The zero-order valence-electron chi connectivity index (χ0n) is 9.99. The van der Waals surface area contributed by atoms with E-state index in [0.717, 1.165) is 6.42 Å². The first-order valence-electron chi connectivity index (χ1n) is 5.82. The summed E-state index contributed by atoms with van der Waals surface area (Å²) in [5.41, 5.74) is -0.409. The van der Waals surface area contributed by atoms with Crippen LogP contribution >= 0.6 is 0 Å². The quantitative estimate of drug-likeness (QED) is 0.740. The molecule has 4 heteroatoms. The molecule has 16 heavy (non-hydrogen) atoms. The lowest BCUT2D eigenvalue weighted by Crippen LogP contribution is -2.39. The van der Waals surface area contributed by atoms with Crippen LogP contribution in [0.1, 0.15) is 45.4 Å². The number of esters is 1. The molecule has 1 unspecified atom stereocenters. The van der Waals surface area contributed by atoms with Gasteiger partial charge in [0.1, 0.15) is 5.78 Å². The highest BCUT2D eigenvalue weighted by Crippen LogP contribution is 2.40. The third-order valence-corrected chi connectivity index (χ3v) is 3.68. The van der Waals surface area contributed by atoms with Gasteiger partial charge in [0.2, 0.25) is 0 Å². The number of carbonyl (C=O) groups excluding carboxylic acids is 2. The van der Waals surface area contributed by atoms with Gasteiger partial charge in [0.25, 0.3) is 0 Å². The molecule has 0 aromatic heterocycles. The number of rotatable bonds is 4. The normalized spacial score (nSPS) is 30.2. The number of methoxy groups -OCH3 is 1. The summed E-state index contributed by atoms with van der Waals surface area (Å²) in [5.74, 6) is -0.176. The van der Waals surface area contributed by atoms with Crippen LogP contribution in [0.4, 0.5) is 0 Å². The molecule has 0 spiro atoms. The van der Waals surface area contributed by atoms with Gasteiger partial charge in [-0.3, -0.25) is 9.59 Å². The summed E-state index contributed by atoms with van der Waals surface area (Å²) in [6.45, 7) is 1.97. The molecule has 1 fully saturated rings. The Balaban J connectivity index is 2.62. The summed E-state index contributed by atoms with van der Waals surface area (Å²) < 4.78 is 4.59. The molecule has 0 heterocycles. The fourth-order valence-electron chi connectivity index (χ4n) is 2.37. The highest BCUT2D eigenvalue weighted by Gasteiger charge is 2.40. The molecule has 1 aliphatic carbocycles. The van der Waals surface area contributed by atoms with Crippen molar-refractivity contribution in [2.75, 3.05) is 7.11 Å². The summed E-state index contributed by atoms with van der Waals surface area (Å²) in [6.07, 6.45) is 2.63. The zero-order valence-corrected chi connectivity index (χ0v) is 9.99. The van der Waals surface area contributed by atoms with E-state index >= 15 is 0 Å². The second-order valence-electron chi connectivity index (χ2n) is 4.53. The largest absolute Gasteiger partial charge is 0.469 e. The molecule has 0 bridgehead atoms. The second kappa shape index (κ2) is 5.43. The van der Waals surface area contributed by atoms with E-state index in [1.165, 1.54) is 7.11 Å². The standard InChI is InChI=1S/C12H20O4/c1-3-12(7-5-11(15)16-2)6-4-9(13)8-10(12)14/h9,13H,3-8H2,1-2H3/t9?,12-/m0/s1. The average Bonchev–Trinajstić information content (AvgIpc) is 2.28. The molecule has 92 valence electrons. The lowest BCUT2D eigenvalue weighted by Gasteiger charge is -2.36. The average molecular weight is 228 g/mol. The van der Waals surface area contributed by atoms with Crippen LogP contribution in [0.5, 0.6) is 0 Å². The number of carbonyl (C=O) groups is 2. The van der Waals surface area contributed by atoms with Crippen LogP contribution in [-0.2, 0) is 14.3 Å². The van der Waals surface area contributed by atoms with E-state index in [4.69, 9.17) is 0 Å². The van der Waals surface area contributed by atoms with E-state index in [-0.39, 0.29) is 24.6 Å². The van der Waals surface area contributed by atoms with Gasteiger partial charge in [-0.2, -0.15) is 0 Å². The Morgan fingerprint density at radius 1 is 1.62 bits per heavy atom. The van der Waals surface area contributed by atoms with Crippen LogP contribution in [0.15, 0.2) is 0 Å². The van der Waals surface area contributed by atoms with E-state index in [1.54, 1.807) is 0 Å². The molecule has 0 aromatic rings. The van der Waals surface area contributed by atoms with Gasteiger partial charge in [0.05, 0.1) is 13.2 Å². The van der Waals surface area contributed by atoms with Gasteiger partial charge < -0.3 is 9.84 Å². The second-order valence-corrected chi connectivity index (χ2v) is 4.53. The summed E-state index contributed by atoms with van der Waals surface area (Å²) >= 11 is 0. The minimum Gasteiger partial charge on any atom is -0.469 e. The molecular formula is C12H20O4. The summed E-state index contributed by atoms with van der Waals surface area (Å²) in [6, 6.07) is 0. The van der Waals surface area contributed by atoms with Gasteiger partial charge in [-0.05, 0) is 25.7 Å². The molecule has 0 amide bonds. The fraction of sp³-hybridized carbons (Fsp3) is 0.833. The first-order chi connectivity index (χ1) is 7.54. The zero-order chi connectivity index (χ0) is 12.2. The predicted molar refractivity (Wildman–Crippen MR) is 58.8 cm³/mol. The number of aliphatic hydroxyl groups is 1. The third-order valence-electron chi connectivity index (χ3n) is 3.68. The Morgan fingerprint density at radius 3 is 2.81 bits per heavy atom. The predicted octanol–water partition coefficient (Wildman–Crippen LogP) is 1.45. The van der Waals surface area contributed by atoms with Gasteiger partial charge in [-0.1, -0.05) is 6.92 Å². The topological polar surface area (TPSA) is 63.6 Å². The number of ketones is 1. The van der Waals surface area contributed by atoms with Crippen LogP contribution in [0.25, 0.3) is 0 Å². The Labute approximate surface area is 96.0 Å². The number of Topliss-reactive ketones (excluding diaryl/α,β-unsaturated/α-hetero) is 1. The summed E-state index contributed by atoms with van der Waals surface area (Å²) in [7, 11) is 1.35. The maximum absolute atomic E-state index is 11.9. The lowest BCUT2D eigenvalue weighted by molar-refractivity contribution is -0.143. The Kier molecular flexibility index (Phi) is 4.47. The van der Waals surface area contributed by atoms with Crippen LogP contribution in [0.2, 0.25) is 0 Å². The van der Waals surface area contributed by atoms with Crippen molar-refractivity contribution in [1.29, 1.82) is 0 Å². The highest BCUT2D eigenvalue weighted by molar-refractivity contribution is 5.86. The van der Waals surface area contributed by atoms with E-state index in [2.05, 4.69) is 4.74 Å². The Morgan fingerprint density at radius 2 is 2.31 bits per heavy atom. The molecule has 1 N–H and O–H groups in total. The number of aliphatic hydroxyl groups excluding tert-OH is 1. The van der Waals surface area contributed by atoms with Crippen LogP contribution in [0.3, 0.4) is 0 Å². The molecular weight excluding hydrogens is 208 g/mol. The van der Waals surface area contributed by atoms with Crippen molar-refractivity contribution in [2.24, 2.45) is 5.41 Å². The first-order valence-corrected chi connectivity index (χ1v) is 5.82. The number of hydrogen-bond donors (Lipinski definition) is 1. The smallest absolute Gasteiger partial charge is 0.305 e. The molecule has 4 nitrogen and oxygen atoms in total. The Hall–Kier alpha value is -0.900. The van der Waals surface area contributed by atoms with Gasteiger partial charge in [0.15, 0.2) is 0 Å². The molecule has 0 saturated heterocycles. The highest BCUT2D eigenvalue weighted by atomic mass is 16.5. The van der Waals surface area contributed by atoms with Crippen molar-refractivity contribution in [3.8, 4) is 0 Å². The Bertz CT molecular complexity index is 274. The van der Waals surface area contributed by atoms with E-state index < -0.39 is 11.5 Å². The van der Waals surface area contributed by atoms with Crippen molar-refractivity contribution >= 4 is 11.8 Å². The summed E-state index contributed by atoms with van der Waals surface area (Å²) in [5, 5.41) is 9.42. The maximum atomic E-state index is 11.9. The maximum Gasteiger partial charge on any atom is 0.305 e. The SMILES string of the molecule is CC[C@@]1(CCC(=O)OC)CCC(O)CC1=O. The molecule has 0 aliphatic heterocycles. The van der Waals surface area contributed by atoms with Crippen LogP contribution in [-0.4, -0.2) is 30.1 Å². The minimum absolute atomic E-state index is 0.0950. The lowest BCUT2D eigenvalue weighted by atomic mass is 9.68. The number of ether oxygens (including phenoxy) is 1. The van der Waals surface area contributed by atoms with Crippen LogP contribution < -0.4 is 0 Å². The monoisotopic (exact) mass is 228 g/mol. The van der Waals surface area contributed by atoms with Gasteiger partial charge >= 0.3 is 5.97 Å². The molecule has 1 aliphatic rings. The van der Waals surface area contributed by atoms with Gasteiger partial charge in [-0.15, -0.1) is 0 Å². The minimum atomic E-state index is -0.495. The van der Waals surface area contributed by atoms with Gasteiger partial charge in [0, 0.05) is 18.3 Å². The van der Waals surface area contributed by atoms with Crippen molar-refractivity contribution < 1.29 is 19.4 Å². The van der Waals surface area contributed by atoms with Crippen molar-refractivity contribution in [3.63, 3.8) is 0 Å². The van der Waals surface area contributed by atoms with Crippen LogP contribution in [0, 0.1) is 5.41 Å². The van der Waals surface area contributed by atoms with E-state index in [9.17, 15) is 14.7 Å². The van der Waals surface area contributed by atoms with Gasteiger partial charge in [-0.25, -0.2) is 0 Å². The number of hydrogen-bond acceptors (Lipinski definition) is 4. The van der Waals surface area contributed by atoms with E-state index in [1.807, 2.05) is 6.92 Å². The first kappa shape index (κ1) is 13.2. The molecule has 1 rings (SSSR count). The third kappa shape index (κ3) is 2.82. The molecule has 0 radical (unpaired) electrons. The van der Waals surface area contributed by atoms with Crippen molar-refractivity contribution in [1.82, 2.24) is 0 Å². The molecule has 1 saturated carbocycles. The molecule has 2 atom stereocenters.